The van der Waals surface area contributed by atoms with Gasteiger partial charge in [-0.2, -0.15) is 0 Å². The molecule has 0 bridgehead atoms. The van der Waals surface area contributed by atoms with Crippen molar-refractivity contribution >= 4 is 5.97 Å². The van der Waals surface area contributed by atoms with Crippen LogP contribution < -0.4 is 0 Å². The number of carboxylic acids is 1. The summed E-state index contributed by atoms with van der Waals surface area (Å²) < 4.78 is 0. The molecule has 0 rings (SSSR count). The van der Waals surface area contributed by atoms with E-state index in [-0.39, 0.29) is 0 Å². The molecule has 0 spiro atoms. The van der Waals surface area contributed by atoms with Crippen LogP contribution in [0.1, 0.15) is 110 Å². The fourth-order valence-electron chi connectivity index (χ4n) is 3.32. The fourth-order valence-corrected chi connectivity index (χ4v) is 3.32. The summed E-state index contributed by atoms with van der Waals surface area (Å²) in [6, 6.07) is 0. The summed E-state index contributed by atoms with van der Waals surface area (Å²) in [6.07, 6.45) is 13.8. The molecular weight excluding hydrogens is 416 g/mol. The SMILES string of the molecule is CCCCCCCCCCCCCCCCCC(=O)O.OC[C@@H](O)[C@@H](O)[C@H](O)[C@H](O)CO. The minimum Gasteiger partial charge on any atom is -0.481 e. The van der Waals surface area contributed by atoms with Crippen molar-refractivity contribution in [3.05, 3.63) is 0 Å². The van der Waals surface area contributed by atoms with E-state index in [0.29, 0.717) is 6.42 Å². The molecule has 4 atom stereocenters. The summed E-state index contributed by atoms with van der Waals surface area (Å²) in [5.41, 5.74) is 0. The van der Waals surface area contributed by atoms with E-state index in [4.69, 9.17) is 35.7 Å². The molecule has 0 amide bonds. The average molecular weight is 467 g/mol. The minimum absolute atomic E-state index is 0.345. The monoisotopic (exact) mass is 466 g/mol. The molecule has 0 saturated carbocycles. The Labute approximate surface area is 194 Å². The molecule has 0 aromatic rings. The summed E-state index contributed by atoms with van der Waals surface area (Å²) in [4.78, 5) is 10.3. The standard InChI is InChI=1S/C18H36O2.C6H14O6/c1-2-3-4-5-6-7-8-9-10-11-12-13-14-15-16-17-18(19)20;7-1-3(9)5(11)6(12)4(10)2-8/h2-17H2,1H3,(H,19,20);3-12H,1-2H2/t;3-,4-,5-,6-/m.1/s1. The second-order valence-electron chi connectivity index (χ2n) is 8.57. The molecule has 0 aromatic heterocycles. The summed E-state index contributed by atoms with van der Waals surface area (Å²) in [7, 11) is 0. The first-order valence-corrected chi connectivity index (χ1v) is 12.5. The van der Waals surface area contributed by atoms with Gasteiger partial charge in [0.25, 0.3) is 0 Å². The van der Waals surface area contributed by atoms with Crippen LogP contribution in [-0.4, -0.2) is 79.3 Å². The van der Waals surface area contributed by atoms with E-state index in [1.165, 1.54) is 83.5 Å². The van der Waals surface area contributed by atoms with Gasteiger partial charge in [-0.1, -0.05) is 96.8 Å². The van der Waals surface area contributed by atoms with E-state index < -0.39 is 43.6 Å². The molecule has 8 heteroatoms. The Bertz CT molecular complexity index is 380. The molecule has 0 unspecified atom stereocenters. The summed E-state index contributed by atoms with van der Waals surface area (Å²) >= 11 is 0. The van der Waals surface area contributed by atoms with Gasteiger partial charge in [-0.25, -0.2) is 0 Å². The third kappa shape index (κ3) is 22.4. The van der Waals surface area contributed by atoms with Gasteiger partial charge in [0.1, 0.15) is 24.4 Å². The Hall–Kier alpha value is -0.770. The maximum Gasteiger partial charge on any atom is 0.303 e. The van der Waals surface area contributed by atoms with Gasteiger partial charge in [0.15, 0.2) is 0 Å². The molecule has 0 fully saturated rings. The molecule has 0 aliphatic carbocycles. The lowest BCUT2D eigenvalue weighted by molar-refractivity contribution is -0.137. The number of hydrogen-bond acceptors (Lipinski definition) is 7. The van der Waals surface area contributed by atoms with E-state index >= 15 is 0 Å². The number of aliphatic hydroxyl groups excluding tert-OH is 6. The highest BCUT2D eigenvalue weighted by Crippen LogP contribution is 2.13. The number of aliphatic carboxylic acids is 1. The number of unbranched alkanes of at least 4 members (excludes halogenated alkanes) is 14. The lowest BCUT2D eigenvalue weighted by Gasteiger charge is -2.24. The first kappa shape index (κ1) is 33.4. The van der Waals surface area contributed by atoms with Crippen LogP contribution in [0, 0.1) is 0 Å². The van der Waals surface area contributed by atoms with E-state index in [1.807, 2.05) is 0 Å². The maximum absolute atomic E-state index is 10.3. The van der Waals surface area contributed by atoms with Gasteiger partial charge in [0.05, 0.1) is 13.2 Å². The Morgan fingerprint density at radius 1 is 0.562 bits per heavy atom. The highest BCUT2D eigenvalue weighted by atomic mass is 16.4. The van der Waals surface area contributed by atoms with Crippen molar-refractivity contribution in [3.63, 3.8) is 0 Å². The summed E-state index contributed by atoms with van der Waals surface area (Å²) in [5, 5.41) is 60.7. The normalized spacial score (nSPS) is 14.8. The second-order valence-corrected chi connectivity index (χ2v) is 8.57. The Balaban J connectivity index is 0. The van der Waals surface area contributed by atoms with Gasteiger partial charge >= 0.3 is 5.97 Å². The lowest BCUT2D eigenvalue weighted by Crippen LogP contribution is -2.46. The lowest BCUT2D eigenvalue weighted by atomic mass is 10.0. The minimum atomic E-state index is -1.67. The number of hydrogen-bond donors (Lipinski definition) is 7. The molecule has 32 heavy (non-hydrogen) atoms. The Morgan fingerprint density at radius 2 is 0.844 bits per heavy atom. The van der Waals surface area contributed by atoms with Crippen molar-refractivity contribution in [1.82, 2.24) is 0 Å². The quantitative estimate of drug-likeness (QED) is 0.127. The highest BCUT2D eigenvalue weighted by molar-refractivity contribution is 5.66. The smallest absolute Gasteiger partial charge is 0.303 e. The third-order valence-corrected chi connectivity index (χ3v) is 5.51. The molecule has 0 heterocycles. The number of rotatable bonds is 21. The second kappa shape index (κ2) is 24.9. The third-order valence-electron chi connectivity index (χ3n) is 5.51. The molecule has 194 valence electrons. The van der Waals surface area contributed by atoms with Crippen LogP contribution in [-0.2, 0) is 4.79 Å². The van der Waals surface area contributed by atoms with E-state index in [0.717, 1.165) is 12.8 Å². The number of carbonyl (C=O) groups is 1. The molecule has 7 N–H and O–H groups in total. The molecule has 0 radical (unpaired) electrons. The zero-order chi connectivity index (χ0) is 24.6. The maximum atomic E-state index is 10.3. The Morgan fingerprint density at radius 3 is 1.09 bits per heavy atom. The van der Waals surface area contributed by atoms with Crippen molar-refractivity contribution in [2.45, 2.75) is 134 Å². The topological polar surface area (TPSA) is 159 Å². The predicted molar refractivity (Wildman–Crippen MR) is 125 cm³/mol. The average Bonchev–Trinajstić information content (AvgIpc) is 2.79. The highest BCUT2D eigenvalue weighted by Gasteiger charge is 2.29. The van der Waals surface area contributed by atoms with Gasteiger partial charge in [-0.05, 0) is 6.42 Å². The van der Waals surface area contributed by atoms with Gasteiger partial charge in [-0.3, -0.25) is 4.79 Å². The number of aliphatic hydroxyl groups is 6. The van der Waals surface area contributed by atoms with Crippen molar-refractivity contribution in [2.24, 2.45) is 0 Å². The van der Waals surface area contributed by atoms with E-state index in [2.05, 4.69) is 6.92 Å². The van der Waals surface area contributed by atoms with Crippen LogP contribution in [0.4, 0.5) is 0 Å². The van der Waals surface area contributed by atoms with Gasteiger partial charge in [0.2, 0.25) is 0 Å². The van der Waals surface area contributed by atoms with Crippen LogP contribution in [0.15, 0.2) is 0 Å². The number of carboxylic acid groups (broad SMARTS) is 1. The zero-order valence-electron chi connectivity index (χ0n) is 20.1. The van der Waals surface area contributed by atoms with Crippen LogP contribution in [0.2, 0.25) is 0 Å². The first-order chi connectivity index (χ1) is 15.3. The molecule has 0 aromatic carbocycles. The van der Waals surface area contributed by atoms with Crippen molar-refractivity contribution < 1.29 is 40.5 Å². The van der Waals surface area contributed by atoms with Gasteiger partial charge < -0.3 is 35.7 Å². The van der Waals surface area contributed by atoms with Crippen molar-refractivity contribution in [3.8, 4) is 0 Å². The molecule has 0 aliphatic rings. The van der Waals surface area contributed by atoms with Crippen LogP contribution in [0.25, 0.3) is 0 Å². The predicted octanol–water partition coefficient (Wildman–Crippen LogP) is 2.75. The van der Waals surface area contributed by atoms with Gasteiger partial charge in [0, 0.05) is 6.42 Å². The van der Waals surface area contributed by atoms with Gasteiger partial charge in [-0.15, -0.1) is 0 Å². The van der Waals surface area contributed by atoms with Crippen molar-refractivity contribution in [1.29, 1.82) is 0 Å². The zero-order valence-corrected chi connectivity index (χ0v) is 20.1. The molecule has 0 aliphatic heterocycles. The van der Waals surface area contributed by atoms with Crippen LogP contribution in [0.3, 0.4) is 0 Å². The largest absolute Gasteiger partial charge is 0.481 e. The molecular formula is C24H50O8. The fraction of sp³-hybridized carbons (Fsp3) is 0.958. The van der Waals surface area contributed by atoms with E-state index in [9.17, 15) is 4.79 Å². The Kier molecular flexibility index (Phi) is 26.0. The van der Waals surface area contributed by atoms with Crippen LogP contribution in [0.5, 0.6) is 0 Å². The summed E-state index contributed by atoms with van der Waals surface area (Å²) in [5.74, 6) is -0.653. The van der Waals surface area contributed by atoms with E-state index in [1.54, 1.807) is 0 Å². The molecule has 0 saturated heterocycles. The molecule has 8 nitrogen and oxygen atoms in total. The van der Waals surface area contributed by atoms with Crippen molar-refractivity contribution in [2.75, 3.05) is 13.2 Å². The summed E-state index contributed by atoms with van der Waals surface area (Å²) in [6.45, 7) is 0.818. The first-order valence-electron chi connectivity index (χ1n) is 12.5. The van der Waals surface area contributed by atoms with Crippen LogP contribution >= 0.6 is 0 Å².